The van der Waals surface area contributed by atoms with Crippen LogP contribution in [0.25, 0.3) is 0 Å². The number of halogens is 4. The number of hydrogen-bond acceptors (Lipinski definition) is 0. The van der Waals surface area contributed by atoms with Gasteiger partial charge in [-0.25, -0.2) is 0 Å². The summed E-state index contributed by atoms with van der Waals surface area (Å²) >= 11 is 10.5. The van der Waals surface area contributed by atoms with E-state index in [2.05, 4.69) is 104 Å². The summed E-state index contributed by atoms with van der Waals surface area (Å²) in [5.74, 6) is 0.840. The zero-order chi connectivity index (χ0) is 8.81. The van der Waals surface area contributed by atoms with Crippen molar-refractivity contribution >= 4 is 90.4 Å². The van der Waals surface area contributed by atoms with E-state index in [-0.39, 0.29) is 0 Å². The molecule has 1 saturated carbocycles. The van der Waals surface area contributed by atoms with Gasteiger partial charge in [0.15, 0.2) is 0 Å². The van der Waals surface area contributed by atoms with Gasteiger partial charge in [-0.2, -0.15) is 0 Å². The molecule has 0 saturated heterocycles. The fourth-order valence-corrected chi connectivity index (χ4v) is 7.80. The highest BCUT2D eigenvalue weighted by molar-refractivity contribution is 14.1. The summed E-state index contributed by atoms with van der Waals surface area (Å²) in [5, 5.41) is 0. The van der Waals surface area contributed by atoms with Crippen molar-refractivity contribution in [2.24, 2.45) is 5.92 Å². The van der Waals surface area contributed by atoms with Crippen molar-refractivity contribution in [2.45, 2.75) is 29.0 Å². The average molecular weight is 602 g/mol. The predicted molar refractivity (Wildman–Crippen MR) is 85.0 cm³/mol. The third kappa shape index (κ3) is 2.13. The van der Waals surface area contributed by atoms with E-state index in [1.165, 1.54) is 0 Å². The molecule has 11 heavy (non-hydrogen) atoms. The largest absolute Gasteiger partial charge is 0.0811 e. The molecule has 0 aromatic heterocycles. The van der Waals surface area contributed by atoms with E-state index < -0.39 is 0 Å². The normalized spacial score (nSPS) is 58.4. The molecule has 1 aliphatic rings. The smallest absolute Gasteiger partial charge is 0.0384 e. The fourth-order valence-electron chi connectivity index (χ4n) is 1.31. The van der Waals surface area contributed by atoms with Crippen molar-refractivity contribution in [1.82, 2.24) is 0 Å². The lowest BCUT2D eigenvalue weighted by Gasteiger charge is -2.25. The Morgan fingerprint density at radius 3 is 1.64 bits per heavy atom. The molecular formula is C7H10I4. The second-order valence-corrected chi connectivity index (χ2v) is 9.77. The van der Waals surface area contributed by atoms with Crippen LogP contribution in [0.1, 0.15) is 13.8 Å². The molecule has 1 fully saturated rings. The summed E-state index contributed by atoms with van der Waals surface area (Å²) in [4.78, 5) is 0. The molecule has 66 valence electrons. The standard InChI is InChI=1S/C7H10I4/c1-3-4(8)5(9)6(10)7(3,2)11/h3-6H,1-2H3. The number of rotatable bonds is 0. The van der Waals surface area contributed by atoms with Crippen LogP contribution in [0.15, 0.2) is 0 Å². The molecule has 0 aromatic rings. The monoisotopic (exact) mass is 602 g/mol. The SMILES string of the molecule is CC1C(I)C(I)C(I)C1(C)I. The summed E-state index contributed by atoms with van der Waals surface area (Å²) < 4.78 is 3.00. The van der Waals surface area contributed by atoms with Crippen molar-refractivity contribution in [3.63, 3.8) is 0 Å². The third-order valence-corrected chi connectivity index (χ3v) is 13.5. The van der Waals surface area contributed by atoms with Crippen molar-refractivity contribution in [3.8, 4) is 0 Å². The van der Waals surface area contributed by atoms with E-state index in [0.717, 1.165) is 17.7 Å². The molecule has 1 rings (SSSR count). The van der Waals surface area contributed by atoms with E-state index in [1.807, 2.05) is 0 Å². The van der Waals surface area contributed by atoms with Crippen LogP contribution in [0, 0.1) is 5.92 Å². The lowest BCUT2D eigenvalue weighted by atomic mass is 10.0. The molecule has 0 aromatic carbocycles. The molecule has 0 spiro atoms. The van der Waals surface area contributed by atoms with Crippen LogP contribution in [0.5, 0.6) is 0 Å². The third-order valence-electron chi connectivity index (χ3n) is 2.49. The Labute approximate surface area is 123 Å². The molecule has 0 amide bonds. The minimum Gasteiger partial charge on any atom is -0.0811 e. The Balaban J connectivity index is 2.87. The van der Waals surface area contributed by atoms with E-state index >= 15 is 0 Å². The van der Waals surface area contributed by atoms with Gasteiger partial charge in [-0.3, -0.25) is 0 Å². The van der Waals surface area contributed by atoms with Crippen molar-refractivity contribution in [2.75, 3.05) is 0 Å². The first kappa shape index (κ1) is 12.0. The van der Waals surface area contributed by atoms with Crippen LogP contribution >= 0.6 is 90.4 Å². The molecule has 0 bridgehead atoms. The van der Waals surface area contributed by atoms with Gasteiger partial charge in [-0.1, -0.05) is 97.3 Å². The first-order valence-electron chi connectivity index (χ1n) is 3.50. The Morgan fingerprint density at radius 1 is 1.09 bits per heavy atom. The molecule has 5 unspecified atom stereocenters. The average Bonchev–Trinajstić information content (AvgIpc) is 2.06. The van der Waals surface area contributed by atoms with Gasteiger partial charge < -0.3 is 0 Å². The Morgan fingerprint density at radius 2 is 1.55 bits per heavy atom. The maximum Gasteiger partial charge on any atom is 0.0384 e. The summed E-state index contributed by atoms with van der Waals surface area (Å²) in [6.07, 6.45) is 0. The van der Waals surface area contributed by atoms with Gasteiger partial charge in [0.1, 0.15) is 0 Å². The predicted octanol–water partition coefficient (Wildman–Crippen LogP) is 4.24. The highest BCUT2D eigenvalue weighted by Gasteiger charge is 2.51. The van der Waals surface area contributed by atoms with Crippen LogP contribution < -0.4 is 0 Å². The highest BCUT2D eigenvalue weighted by atomic mass is 127. The minimum atomic E-state index is 0.496. The molecule has 0 heterocycles. The minimum absolute atomic E-state index is 0.496. The number of hydrogen-bond donors (Lipinski definition) is 0. The topological polar surface area (TPSA) is 0 Å². The molecule has 0 N–H and O–H groups in total. The van der Waals surface area contributed by atoms with Gasteiger partial charge in [0.25, 0.3) is 0 Å². The Hall–Kier alpha value is 2.92. The summed E-state index contributed by atoms with van der Waals surface area (Å²) in [6, 6.07) is 0. The van der Waals surface area contributed by atoms with Crippen LogP contribution in [-0.4, -0.2) is 15.2 Å². The molecule has 0 radical (unpaired) electrons. The molecular weight excluding hydrogens is 592 g/mol. The van der Waals surface area contributed by atoms with Crippen LogP contribution in [-0.2, 0) is 0 Å². The Bertz CT molecular complexity index is 141. The van der Waals surface area contributed by atoms with Gasteiger partial charge in [0, 0.05) is 15.2 Å². The zero-order valence-corrected chi connectivity index (χ0v) is 15.0. The quantitative estimate of drug-likeness (QED) is 0.288. The van der Waals surface area contributed by atoms with E-state index in [1.54, 1.807) is 0 Å². The second-order valence-electron chi connectivity index (χ2n) is 3.23. The van der Waals surface area contributed by atoms with Crippen LogP contribution in [0.2, 0.25) is 0 Å². The lowest BCUT2D eigenvalue weighted by Crippen LogP contribution is -2.29. The first-order valence-corrected chi connectivity index (χ1v) is 8.31. The van der Waals surface area contributed by atoms with Gasteiger partial charge >= 0.3 is 0 Å². The lowest BCUT2D eigenvalue weighted by molar-refractivity contribution is 0.551. The van der Waals surface area contributed by atoms with E-state index in [4.69, 9.17) is 0 Å². The molecule has 0 aliphatic heterocycles. The molecule has 4 heteroatoms. The van der Waals surface area contributed by atoms with Gasteiger partial charge in [0.05, 0.1) is 0 Å². The first-order chi connectivity index (χ1) is 4.89. The van der Waals surface area contributed by atoms with Crippen molar-refractivity contribution < 1.29 is 0 Å². The van der Waals surface area contributed by atoms with E-state index in [0.29, 0.717) is 3.42 Å². The number of alkyl halides is 4. The van der Waals surface area contributed by atoms with E-state index in [9.17, 15) is 0 Å². The highest BCUT2D eigenvalue weighted by Crippen LogP contribution is 2.52. The van der Waals surface area contributed by atoms with Crippen molar-refractivity contribution in [3.05, 3.63) is 0 Å². The van der Waals surface area contributed by atoms with Crippen molar-refractivity contribution in [1.29, 1.82) is 0 Å². The summed E-state index contributed by atoms with van der Waals surface area (Å²) in [5.41, 5.74) is 0. The van der Waals surface area contributed by atoms with Gasteiger partial charge in [-0.05, 0) is 12.8 Å². The maximum absolute atomic E-state index is 2.63. The second kappa shape index (κ2) is 4.19. The molecule has 1 aliphatic carbocycles. The molecule has 5 atom stereocenters. The van der Waals surface area contributed by atoms with Gasteiger partial charge in [0.2, 0.25) is 0 Å². The zero-order valence-electron chi connectivity index (χ0n) is 6.32. The summed E-state index contributed by atoms with van der Waals surface area (Å²) in [7, 11) is 0. The maximum atomic E-state index is 2.63. The van der Waals surface area contributed by atoms with Gasteiger partial charge in [-0.15, -0.1) is 0 Å². The fraction of sp³-hybridized carbons (Fsp3) is 1.00. The van der Waals surface area contributed by atoms with Crippen LogP contribution in [0.3, 0.4) is 0 Å². The Kier molecular flexibility index (Phi) is 4.57. The summed E-state index contributed by atoms with van der Waals surface area (Å²) in [6.45, 7) is 4.77. The molecule has 0 nitrogen and oxygen atoms in total. The van der Waals surface area contributed by atoms with Crippen LogP contribution in [0.4, 0.5) is 0 Å².